The molecule has 2 N–H and O–H groups in total. The minimum atomic E-state index is -0.598. The van der Waals surface area contributed by atoms with Gasteiger partial charge in [0.2, 0.25) is 0 Å². The number of hydrogen-bond acceptors (Lipinski definition) is 5. The lowest BCUT2D eigenvalue weighted by molar-refractivity contribution is -0.149. The molecular formula is C22H28N2O4. The summed E-state index contributed by atoms with van der Waals surface area (Å²) in [7, 11) is 3.22. The van der Waals surface area contributed by atoms with Crippen LogP contribution in [-0.2, 0) is 16.1 Å². The lowest BCUT2D eigenvalue weighted by atomic mass is 10.00. The van der Waals surface area contributed by atoms with E-state index in [4.69, 9.17) is 19.9 Å². The summed E-state index contributed by atoms with van der Waals surface area (Å²) in [5.41, 5.74) is 9.42. The Morgan fingerprint density at radius 3 is 2.50 bits per heavy atom. The number of esters is 1. The Kier molecular flexibility index (Phi) is 5.15. The van der Waals surface area contributed by atoms with Gasteiger partial charge >= 0.3 is 5.97 Å². The average molecular weight is 384 g/mol. The molecule has 2 aromatic rings. The van der Waals surface area contributed by atoms with Crippen LogP contribution in [-0.4, -0.2) is 30.4 Å². The molecule has 2 heterocycles. The summed E-state index contributed by atoms with van der Waals surface area (Å²) < 4.78 is 18.7. The van der Waals surface area contributed by atoms with Gasteiger partial charge < -0.3 is 24.5 Å². The molecule has 0 aliphatic carbocycles. The number of aromatic nitrogens is 1. The lowest BCUT2D eigenvalue weighted by Gasteiger charge is -2.22. The Morgan fingerprint density at radius 1 is 1.21 bits per heavy atom. The van der Waals surface area contributed by atoms with Crippen LogP contribution in [0.5, 0.6) is 11.5 Å². The highest BCUT2D eigenvalue weighted by Gasteiger charge is 2.28. The molecule has 0 bridgehead atoms. The highest BCUT2D eigenvalue weighted by Crippen LogP contribution is 2.40. The van der Waals surface area contributed by atoms with Crippen LogP contribution in [0.3, 0.4) is 0 Å². The van der Waals surface area contributed by atoms with Gasteiger partial charge in [0, 0.05) is 11.9 Å². The number of benzene rings is 1. The van der Waals surface area contributed by atoms with E-state index < -0.39 is 11.6 Å². The quantitative estimate of drug-likeness (QED) is 0.806. The molecule has 0 saturated heterocycles. The summed E-state index contributed by atoms with van der Waals surface area (Å²) in [6.45, 7) is 8.16. The topological polar surface area (TPSA) is 75.7 Å². The molecule has 6 nitrogen and oxygen atoms in total. The number of carbonyl (C=O) groups excluding carboxylic acids is 1. The normalized spacial score (nSPS) is 14.4. The maximum Gasteiger partial charge on any atom is 0.341 e. The number of ether oxygens (including phenoxy) is 3. The Labute approximate surface area is 165 Å². The van der Waals surface area contributed by atoms with Gasteiger partial charge in [0.15, 0.2) is 11.5 Å². The smallest absolute Gasteiger partial charge is 0.341 e. The Bertz CT molecular complexity index is 990. The van der Waals surface area contributed by atoms with E-state index in [9.17, 15) is 4.79 Å². The third-order valence-electron chi connectivity index (χ3n) is 4.79. The first-order chi connectivity index (χ1) is 13.2. The molecule has 0 radical (unpaired) electrons. The van der Waals surface area contributed by atoms with Crippen LogP contribution in [0.1, 0.15) is 39.8 Å². The third-order valence-corrected chi connectivity index (χ3v) is 4.79. The fraction of sp³-hybridized carbons (Fsp3) is 0.409. The van der Waals surface area contributed by atoms with Crippen molar-refractivity contribution in [2.45, 2.75) is 46.3 Å². The van der Waals surface area contributed by atoms with E-state index in [0.717, 1.165) is 22.2 Å². The minimum absolute atomic E-state index is 0.402. The number of nitrogens with two attached hydrogens (primary N) is 1. The molecule has 28 heavy (non-hydrogen) atoms. The molecular weight excluding hydrogens is 356 g/mol. The highest BCUT2D eigenvalue weighted by molar-refractivity contribution is 6.03. The van der Waals surface area contributed by atoms with Gasteiger partial charge in [-0.05, 0) is 51.0 Å². The predicted molar refractivity (Wildman–Crippen MR) is 110 cm³/mol. The molecule has 3 rings (SSSR count). The zero-order chi connectivity index (χ0) is 20.6. The van der Waals surface area contributed by atoms with Gasteiger partial charge in [-0.2, -0.15) is 0 Å². The van der Waals surface area contributed by atoms with E-state index >= 15 is 0 Å². The van der Waals surface area contributed by atoms with Crippen molar-refractivity contribution >= 4 is 22.6 Å². The van der Waals surface area contributed by atoms with Gasteiger partial charge in [-0.25, -0.2) is 4.79 Å². The molecule has 0 spiro atoms. The summed E-state index contributed by atoms with van der Waals surface area (Å²) in [6.07, 6.45) is 2.73. The summed E-state index contributed by atoms with van der Waals surface area (Å²) in [6, 6.07) is 5.80. The largest absolute Gasteiger partial charge is 0.493 e. The van der Waals surface area contributed by atoms with Gasteiger partial charge in [0.1, 0.15) is 5.60 Å². The van der Waals surface area contributed by atoms with Gasteiger partial charge in [-0.3, -0.25) is 0 Å². The number of hydrogen-bond donors (Lipinski definition) is 1. The van der Waals surface area contributed by atoms with Crippen LogP contribution < -0.4 is 15.2 Å². The number of fused-ring (bicyclic) bond motifs is 3. The standard InChI is InChI=1S/C22H28N2O4/c1-7-13-10-11-24-15-8-9-17(26-5)20(27-6)14(15)12-16(24)19(23)18(13)21(25)28-22(2,3)4/h8-10,12H,7,11,23H2,1-6H3. The molecule has 6 heteroatoms. The molecule has 1 aromatic heterocycles. The maximum atomic E-state index is 12.9. The fourth-order valence-electron chi connectivity index (χ4n) is 3.58. The van der Waals surface area contributed by atoms with Crippen LogP contribution in [0.4, 0.5) is 0 Å². The Hall–Kier alpha value is -2.89. The zero-order valence-corrected chi connectivity index (χ0v) is 17.4. The van der Waals surface area contributed by atoms with Crippen LogP contribution in [0.25, 0.3) is 16.6 Å². The van der Waals surface area contributed by atoms with E-state index in [2.05, 4.69) is 4.57 Å². The second-order valence-corrected chi connectivity index (χ2v) is 7.75. The number of rotatable bonds is 4. The number of nitrogens with zero attached hydrogens (tertiary/aromatic N) is 1. The maximum absolute atomic E-state index is 12.9. The first-order valence-electron chi connectivity index (χ1n) is 9.38. The molecule has 0 saturated carbocycles. The summed E-state index contributed by atoms with van der Waals surface area (Å²) in [5.74, 6) is 0.892. The van der Waals surface area contributed by atoms with Crippen LogP contribution in [0, 0.1) is 0 Å². The lowest BCUT2D eigenvalue weighted by Crippen LogP contribution is -2.26. The van der Waals surface area contributed by atoms with E-state index in [1.54, 1.807) is 14.2 Å². The van der Waals surface area contributed by atoms with E-state index in [-0.39, 0.29) is 0 Å². The first kappa shape index (κ1) is 19.9. The van der Waals surface area contributed by atoms with Crippen molar-refractivity contribution in [3.63, 3.8) is 0 Å². The van der Waals surface area contributed by atoms with Gasteiger partial charge in [0.05, 0.1) is 36.7 Å². The van der Waals surface area contributed by atoms with Crippen molar-refractivity contribution in [1.82, 2.24) is 4.57 Å². The van der Waals surface area contributed by atoms with E-state index in [1.165, 1.54) is 0 Å². The van der Waals surface area contributed by atoms with Crippen LogP contribution in [0.15, 0.2) is 35.4 Å². The van der Waals surface area contributed by atoms with Crippen LogP contribution >= 0.6 is 0 Å². The molecule has 0 fully saturated rings. The van der Waals surface area contributed by atoms with E-state index in [0.29, 0.717) is 35.7 Å². The Balaban J connectivity index is 2.25. The fourth-order valence-corrected chi connectivity index (χ4v) is 3.58. The number of methoxy groups -OCH3 is 2. The summed E-state index contributed by atoms with van der Waals surface area (Å²) >= 11 is 0. The highest BCUT2D eigenvalue weighted by atomic mass is 16.6. The van der Waals surface area contributed by atoms with Crippen molar-refractivity contribution < 1.29 is 19.0 Å². The van der Waals surface area contributed by atoms with Crippen molar-refractivity contribution in [1.29, 1.82) is 0 Å². The number of allylic oxidation sites excluding steroid dienone is 1. The van der Waals surface area contributed by atoms with Crippen LogP contribution in [0.2, 0.25) is 0 Å². The second-order valence-electron chi connectivity index (χ2n) is 7.75. The molecule has 1 aliphatic heterocycles. The summed E-state index contributed by atoms with van der Waals surface area (Å²) in [4.78, 5) is 12.9. The van der Waals surface area contributed by atoms with E-state index in [1.807, 2.05) is 52.0 Å². The van der Waals surface area contributed by atoms with Crippen molar-refractivity contribution in [2.75, 3.05) is 14.2 Å². The monoisotopic (exact) mass is 384 g/mol. The van der Waals surface area contributed by atoms with Crippen molar-refractivity contribution in [2.24, 2.45) is 5.73 Å². The molecule has 0 unspecified atom stereocenters. The van der Waals surface area contributed by atoms with Gasteiger partial charge in [0.25, 0.3) is 0 Å². The SMILES string of the molecule is CCC1=CCn2c(cc3c(OC)c(OC)ccc32)C(N)=C1C(=O)OC(C)(C)C. The molecule has 1 aliphatic rings. The van der Waals surface area contributed by atoms with Gasteiger partial charge in [-0.1, -0.05) is 13.0 Å². The summed E-state index contributed by atoms with van der Waals surface area (Å²) in [5, 5.41) is 0.886. The van der Waals surface area contributed by atoms with Crippen molar-refractivity contribution in [3.05, 3.63) is 41.1 Å². The second kappa shape index (κ2) is 7.26. The Morgan fingerprint density at radius 2 is 1.93 bits per heavy atom. The molecule has 0 amide bonds. The zero-order valence-electron chi connectivity index (χ0n) is 17.4. The van der Waals surface area contributed by atoms with Crippen molar-refractivity contribution in [3.8, 4) is 11.5 Å². The minimum Gasteiger partial charge on any atom is -0.493 e. The molecule has 0 atom stereocenters. The molecule has 150 valence electrons. The number of carbonyl (C=O) groups is 1. The molecule has 1 aromatic carbocycles. The average Bonchev–Trinajstić information content (AvgIpc) is 2.93. The predicted octanol–water partition coefficient (Wildman–Crippen LogP) is 4.02. The third kappa shape index (κ3) is 3.35. The first-order valence-corrected chi connectivity index (χ1v) is 9.38. The van der Waals surface area contributed by atoms with Gasteiger partial charge in [-0.15, -0.1) is 0 Å².